The van der Waals surface area contributed by atoms with Crippen LogP contribution in [0.4, 0.5) is 11.5 Å². The molecule has 3 aromatic heterocycles. The molecule has 0 atom stereocenters. The molecule has 0 saturated heterocycles. The number of aliphatic hydroxyl groups excluding tert-OH is 1. The minimum atomic E-state index is -0.233. The van der Waals surface area contributed by atoms with E-state index in [1.807, 2.05) is 32.9 Å². The number of rotatable bonds is 7. The van der Waals surface area contributed by atoms with Crippen molar-refractivity contribution in [2.45, 2.75) is 71.1 Å². The normalized spacial score (nSPS) is 18.7. The summed E-state index contributed by atoms with van der Waals surface area (Å²) in [4.78, 5) is 27.7. The molecule has 1 aliphatic carbocycles. The minimum absolute atomic E-state index is 0.00314. The van der Waals surface area contributed by atoms with Crippen LogP contribution in [-0.4, -0.2) is 44.2 Å². The Balaban J connectivity index is 1.54. The number of aromatic nitrogens is 3. The zero-order valence-electron chi connectivity index (χ0n) is 18.6. The molecule has 3 heterocycles. The number of thiophene rings is 1. The van der Waals surface area contributed by atoms with Crippen LogP contribution in [0.3, 0.4) is 0 Å². The summed E-state index contributed by atoms with van der Waals surface area (Å²) in [6.45, 7) is 5.91. The highest BCUT2D eigenvalue weighted by Crippen LogP contribution is 2.36. The van der Waals surface area contributed by atoms with Gasteiger partial charge < -0.3 is 20.5 Å². The first kappa shape index (κ1) is 22.4. The molecule has 0 aliphatic heterocycles. The average Bonchev–Trinajstić information content (AvgIpc) is 3.07. The van der Waals surface area contributed by atoms with Gasteiger partial charge in [0.2, 0.25) is 11.8 Å². The summed E-state index contributed by atoms with van der Waals surface area (Å²) in [7, 11) is 0. The monoisotopic (exact) mass is 455 g/mol. The van der Waals surface area contributed by atoms with Crippen molar-refractivity contribution in [2.75, 3.05) is 5.32 Å². The van der Waals surface area contributed by atoms with E-state index < -0.39 is 0 Å². The number of carbonyl (C=O) groups is 1. The molecule has 1 amide bonds. The van der Waals surface area contributed by atoms with E-state index >= 15 is 0 Å². The molecule has 8 nitrogen and oxygen atoms in total. The Morgan fingerprint density at radius 1 is 1.25 bits per heavy atom. The van der Waals surface area contributed by atoms with Crippen molar-refractivity contribution < 1.29 is 14.6 Å². The first-order chi connectivity index (χ1) is 15.4. The number of fused-ring (bicyclic) bond motifs is 1. The van der Waals surface area contributed by atoms with Gasteiger partial charge in [0.1, 0.15) is 22.7 Å². The maximum absolute atomic E-state index is 12.7. The molecule has 0 aromatic carbocycles. The number of nitrogens with one attached hydrogen (secondary N) is 2. The van der Waals surface area contributed by atoms with E-state index in [9.17, 15) is 9.90 Å². The summed E-state index contributed by atoms with van der Waals surface area (Å²) < 4.78 is 5.81. The van der Waals surface area contributed by atoms with E-state index in [0.29, 0.717) is 18.1 Å². The first-order valence-electron chi connectivity index (χ1n) is 11.0. The number of aliphatic hydroxyl groups is 1. The molecule has 0 bridgehead atoms. The van der Waals surface area contributed by atoms with E-state index in [4.69, 9.17) is 4.74 Å². The predicted molar refractivity (Wildman–Crippen MR) is 126 cm³/mol. The molecule has 0 unspecified atom stereocenters. The molecule has 170 valence electrons. The zero-order chi connectivity index (χ0) is 22.7. The predicted octanol–water partition coefficient (Wildman–Crippen LogP) is 3.89. The number of amides is 1. The average molecular weight is 456 g/mol. The maximum Gasteiger partial charge on any atom is 0.237 e. The fraction of sp³-hybridized carbons (Fsp3) is 0.478. The molecule has 4 rings (SSSR count). The summed E-state index contributed by atoms with van der Waals surface area (Å²) in [6, 6.07) is 3.88. The number of hydrogen-bond donors (Lipinski definition) is 3. The highest BCUT2D eigenvalue weighted by atomic mass is 32.1. The third-order valence-corrected chi connectivity index (χ3v) is 6.78. The number of ether oxygens (including phenoxy) is 1. The van der Waals surface area contributed by atoms with Crippen molar-refractivity contribution in [3.05, 3.63) is 35.1 Å². The Hall–Kier alpha value is -2.78. The zero-order valence-corrected chi connectivity index (χ0v) is 19.4. The topological polar surface area (TPSA) is 109 Å². The smallest absolute Gasteiger partial charge is 0.237 e. The van der Waals surface area contributed by atoms with Crippen molar-refractivity contribution >= 4 is 39.0 Å². The number of carbonyl (C=O) groups excluding carboxylic acids is 1. The third-order valence-electron chi connectivity index (χ3n) is 5.58. The molecule has 32 heavy (non-hydrogen) atoms. The van der Waals surface area contributed by atoms with Gasteiger partial charge in [-0.25, -0.2) is 15.0 Å². The van der Waals surface area contributed by atoms with E-state index in [2.05, 4.69) is 25.6 Å². The van der Waals surface area contributed by atoms with Crippen molar-refractivity contribution in [3.8, 4) is 5.88 Å². The van der Waals surface area contributed by atoms with Gasteiger partial charge in [-0.05, 0) is 64.2 Å². The molecule has 1 aliphatic rings. The van der Waals surface area contributed by atoms with Gasteiger partial charge in [0.05, 0.1) is 24.0 Å². The van der Waals surface area contributed by atoms with Crippen molar-refractivity contribution in [3.63, 3.8) is 0 Å². The molecule has 1 fully saturated rings. The van der Waals surface area contributed by atoms with Crippen LogP contribution < -0.4 is 15.4 Å². The van der Waals surface area contributed by atoms with Crippen LogP contribution in [0.5, 0.6) is 5.88 Å². The molecule has 0 spiro atoms. The Kier molecular flexibility index (Phi) is 6.86. The number of anilines is 2. The van der Waals surface area contributed by atoms with Crippen molar-refractivity contribution in [2.24, 2.45) is 0 Å². The SMILES string of the molecule is Cc1c(CC(=O)NC2CCC(O)CC2)sc2ncnc(Nc3cccnc3OC(C)C)c12. The molecular formula is C23H29N5O3S. The van der Waals surface area contributed by atoms with Crippen molar-refractivity contribution in [1.82, 2.24) is 20.3 Å². The fourth-order valence-corrected chi connectivity index (χ4v) is 5.10. The fourth-order valence-electron chi connectivity index (χ4n) is 3.96. The molecule has 9 heteroatoms. The summed E-state index contributed by atoms with van der Waals surface area (Å²) >= 11 is 1.52. The molecule has 0 radical (unpaired) electrons. The lowest BCUT2D eigenvalue weighted by Crippen LogP contribution is -2.39. The van der Waals surface area contributed by atoms with Crippen LogP contribution in [-0.2, 0) is 11.2 Å². The Morgan fingerprint density at radius 2 is 2.03 bits per heavy atom. The molecular weight excluding hydrogens is 426 g/mol. The van der Waals surface area contributed by atoms with E-state index in [1.165, 1.54) is 17.7 Å². The molecule has 1 saturated carbocycles. The summed E-state index contributed by atoms with van der Waals surface area (Å²) in [6.07, 6.45) is 6.42. The van der Waals surface area contributed by atoms with Crippen LogP contribution in [0.2, 0.25) is 0 Å². The Bertz CT molecular complexity index is 1090. The van der Waals surface area contributed by atoms with Crippen LogP contribution in [0.1, 0.15) is 50.0 Å². The van der Waals surface area contributed by atoms with E-state index in [0.717, 1.165) is 52.0 Å². The number of pyridine rings is 1. The standard InChI is InChI=1S/C23H29N5O3S/c1-13(2)31-22-17(5-4-10-24-22)28-21-20-14(3)18(32-23(20)26-12-25-21)11-19(30)27-15-6-8-16(29)9-7-15/h4-5,10,12-13,15-16,29H,6-9,11H2,1-3H3,(H,27,30)(H,25,26,28). The lowest BCUT2D eigenvalue weighted by Gasteiger charge is -2.26. The van der Waals surface area contributed by atoms with Crippen LogP contribution in [0.15, 0.2) is 24.7 Å². The lowest BCUT2D eigenvalue weighted by molar-refractivity contribution is -0.121. The largest absolute Gasteiger partial charge is 0.473 e. The quantitative estimate of drug-likeness (QED) is 0.496. The summed E-state index contributed by atoms with van der Waals surface area (Å²) in [5.41, 5.74) is 1.73. The second-order valence-electron chi connectivity index (χ2n) is 8.45. The van der Waals surface area contributed by atoms with Crippen LogP contribution >= 0.6 is 11.3 Å². The summed E-state index contributed by atoms with van der Waals surface area (Å²) in [5.74, 6) is 1.18. The van der Waals surface area contributed by atoms with E-state index in [-0.39, 0.29) is 24.2 Å². The number of hydrogen-bond acceptors (Lipinski definition) is 8. The minimum Gasteiger partial charge on any atom is -0.473 e. The number of nitrogens with zero attached hydrogens (tertiary/aromatic N) is 3. The van der Waals surface area contributed by atoms with Gasteiger partial charge >= 0.3 is 0 Å². The third kappa shape index (κ3) is 5.16. The molecule has 3 N–H and O–H groups in total. The van der Waals surface area contributed by atoms with Gasteiger partial charge in [-0.1, -0.05) is 0 Å². The number of aryl methyl sites for hydroxylation is 1. The van der Waals surface area contributed by atoms with Gasteiger partial charge in [0, 0.05) is 17.1 Å². The van der Waals surface area contributed by atoms with Crippen LogP contribution in [0, 0.1) is 6.92 Å². The second kappa shape index (κ2) is 9.79. The lowest BCUT2D eigenvalue weighted by atomic mass is 9.93. The van der Waals surface area contributed by atoms with Gasteiger partial charge in [-0.3, -0.25) is 4.79 Å². The first-order valence-corrected chi connectivity index (χ1v) is 11.8. The Labute approximate surface area is 191 Å². The second-order valence-corrected chi connectivity index (χ2v) is 9.53. The van der Waals surface area contributed by atoms with E-state index in [1.54, 1.807) is 6.20 Å². The van der Waals surface area contributed by atoms with Crippen LogP contribution in [0.25, 0.3) is 10.2 Å². The van der Waals surface area contributed by atoms with Gasteiger partial charge in [0.15, 0.2) is 0 Å². The van der Waals surface area contributed by atoms with Gasteiger partial charge in [-0.2, -0.15) is 0 Å². The van der Waals surface area contributed by atoms with Gasteiger partial charge in [-0.15, -0.1) is 11.3 Å². The van der Waals surface area contributed by atoms with Crippen molar-refractivity contribution in [1.29, 1.82) is 0 Å². The molecule has 3 aromatic rings. The summed E-state index contributed by atoms with van der Waals surface area (Å²) in [5, 5.41) is 17.0. The van der Waals surface area contributed by atoms with Gasteiger partial charge in [0.25, 0.3) is 0 Å². The Morgan fingerprint density at radius 3 is 2.78 bits per heavy atom. The highest BCUT2D eigenvalue weighted by molar-refractivity contribution is 7.19. The maximum atomic E-state index is 12.7. The highest BCUT2D eigenvalue weighted by Gasteiger charge is 2.22.